The first-order valence-corrected chi connectivity index (χ1v) is 12.9. The lowest BCUT2D eigenvalue weighted by atomic mass is 9.94. The topological polar surface area (TPSA) is 88.5 Å². The number of benzene rings is 3. The van der Waals surface area contributed by atoms with Crippen LogP contribution in [-0.2, 0) is 9.59 Å². The Morgan fingerprint density at radius 1 is 0.949 bits per heavy atom. The highest BCUT2D eigenvalue weighted by molar-refractivity contribution is 6.52. The van der Waals surface area contributed by atoms with E-state index >= 15 is 0 Å². The Balaban J connectivity index is 1.94. The number of hydrogen-bond acceptors (Lipinski definition) is 7. The van der Waals surface area contributed by atoms with Gasteiger partial charge in [0.1, 0.15) is 23.0 Å². The molecule has 1 unspecified atom stereocenters. The summed E-state index contributed by atoms with van der Waals surface area (Å²) in [6, 6.07) is 16.3. The third-order valence-electron chi connectivity index (χ3n) is 6.40. The molecule has 0 bridgehead atoms. The zero-order valence-corrected chi connectivity index (χ0v) is 23.3. The summed E-state index contributed by atoms with van der Waals surface area (Å²) in [5.74, 6) is -0.632. The molecule has 204 valence electrons. The van der Waals surface area contributed by atoms with Gasteiger partial charge in [-0.25, -0.2) is 0 Å². The number of ether oxygens (including phenoxy) is 3. The standard InChI is InChI=1S/C30H31ClN2O6/c1-6-38-21-13-14-22(25(17-21)39-7-2)28(34)26-27(18-8-10-19(11-9-18)32(3)4)33(30(36)29(26)35)20-12-15-24(37-5)23(31)16-20/h8-17,27,34H,6-7H2,1-5H3/b28-26-. The molecule has 0 radical (unpaired) electrons. The van der Waals surface area contributed by atoms with E-state index < -0.39 is 17.7 Å². The number of Topliss-reactive ketones (excluding diaryl/α,β-unsaturated/α-hetero) is 1. The van der Waals surface area contributed by atoms with Crippen LogP contribution in [0, 0.1) is 0 Å². The van der Waals surface area contributed by atoms with Crippen LogP contribution in [0.2, 0.25) is 5.02 Å². The molecule has 1 aliphatic heterocycles. The maximum atomic E-state index is 13.6. The van der Waals surface area contributed by atoms with Crippen LogP contribution in [0.4, 0.5) is 11.4 Å². The van der Waals surface area contributed by atoms with Crippen LogP contribution in [0.5, 0.6) is 17.2 Å². The van der Waals surface area contributed by atoms with Crippen molar-refractivity contribution in [3.63, 3.8) is 0 Å². The summed E-state index contributed by atoms with van der Waals surface area (Å²) in [5, 5.41) is 11.9. The monoisotopic (exact) mass is 550 g/mol. The van der Waals surface area contributed by atoms with Crippen LogP contribution in [0.1, 0.15) is 31.0 Å². The number of anilines is 2. The van der Waals surface area contributed by atoms with Gasteiger partial charge in [-0.15, -0.1) is 0 Å². The molecular formula is C30H31ClN2O6. The number of amides is 1. The first-order chi connectivity index (χ1) is 18.7. The summed E-state index contributed by atoms with van der Waals surface area (Å²) >= 11 is 6.39. The van der Waals surface area contributed by atoms with Crippen molar-refractivity contribution >= 4 is 40.4 Å². The van der Waals surface area contributed by atoms with Crippen molar-refractivity contribution in [1.82, 2.24) is 0 Å². The molecule has 8 nitrogen and oxygen atoms in total. The minimum Gasteiger partial charge on any atom is -0.507 e. The van der Waals surface area contributed by atoms with E-state index in [1.807, 2.05) is 57.1 Å². The van der Waals surface area contributed by atoms with Crippen LogP contribution in [-0.4, -0.2) is 51.2 Å². The number of hydrogen-bond donors (Lipinski definition) is 1. The molecule has 1 saturated heterocycles. The van der Waals surface area contributed by atoms with Gasteiger partial charge in [0.05, 0.1) is 42.5 Å². The van der Waals surface area contributed by atoms with Gasteiger partial charge in [0.2, 0.25) is 0 Å². The minimum absolute atomic E-state index is 0.0605. The molecule has 3 aromatic rings. The Hall–Kier alpha value is -4.17. The number of ketones is 1. The van der Waals surface area contributed by atoms with Gasteiger partial charge in [0, 0.05) is 31.5 Å². The lowest BCUT2D eigenvalue weighted by Gasteiger charge is -2.26. The van der Waals surface area contributed by atoms with Crippen LogP contribution < -0.4 is 24.0 Å². The van der Waals surface area contributed by atoms with Gasteiger partial charge in [-0.3, -0.25) is 14.5 Å². The van der Waals surface area contributed by atoms with E-state index in [1.54, 1.807) is 36.4 Å². The molecule has 4 rings (SSSR count). The quantitative estimate of drug-likeness (QED) is 0.203. The average Bonchev–Trinajstić information content (AvgIpc) is 3.19. The zero-order valence-electron chi connectivity index (χ0n) is 22.5. The van der Waals surface area contributed by atoms with Crippen LogP contribution in [0.25, 0.3) is 5.76 Å². The number of nitrogens with zero attached hydrogens (tertiary/aromatic N) is 2. The summed E-state index contributed by atoms with van der Waals surface area (Å²) in [6.07, 6.45) is 0. The van der Waals surface area contributed by atoms with Crippen molar-refractivity contribution in [1.29, 1.82) is 0 Å². The number of carbonyl (C=O) groups excluding carboxylic acids is 2. The Labute approximate surface area is 233 Å². The van der Waals surface area contributed by atoms with Crippen LogP contribution in [0.15, 0.2) is 66.2 Å². The largest absolute Gasteiger partial charge is 0.507 e. The molecule has 0 aliphatic carbocycles. The smallest absolute Gasteiger partial charge is 0.300 e. The lowest BCUT2D eigenvalue weighted by Crippen LogP contribution is -2.29. The summed E-state index contributed by atoms with van der Waals surface area (Å²) in [7, 11) is 5.33. The fourth-order valence-electron chi connectivity index (χ4n) is 4.55. The van der Waals surface area contributed by atoms with E-state index in [4.69, 9.17) is 25.8 Å². The van der Waals surface area contributed by atoms with Gasteiger partial charge in [0.15, 0.2) is 0 Å². The molecule has 0 spiro atoms. The van der Waals surface area contributed by atoms with E-state index in [0.29, 0.717) is 41.7 Å². The lowest BCUT2D eigenvalue weighted by molar-refractivity contribution is -0.132. The van der Waals surface area contributed by atoms with Gasteiger partial charge in [-0.2, -0.15) is 0 Å². The van der Waals surface area contributed by atoms with Crippen molar-refractivity contribution < 1.29 is 28.9 Å². The minimum atomic E-state index is -0.924. The first kappa shape index (κ1) is 27.9. The van der Waals surface area contributed by atoms with Gasteiger partial charge in [0.25, 0.3) is 11.7 Å². The summed E-state index contributed by atoms with van der Waals surface area (Å²) in [6.45, 7) is 4.46. The molecule has 3 aromatic carbocycles. The molecule has 0 saturated carbocycles. The van der Waals surface area contributed by atoms with Gasteiger partial charge >= 0.3 is 0 Å². The van der Waals surface area contributed by atoms with E-state index in [2.05, 4.69) is 0 Å². The third kappa shape index (κ3) is 5.38. The highest BCUT2D eigenvalue weighted by Gasteiger charge is 2.47. The molecule has 1 N–H and O–H groups in total. The molecule has 1 amide bonds. The SMILES string of the molecule is CCOc1ccc(/C(O)=C2/C(=O)C(=O)N(c3ccc(OC)c(Cl)c3)C2c2ccc(N(C)C)cc2)c(OCC)c1. The Morgan fingerprint density at radius 2 is 1.64 bits per heavy atom. The van der Waals surface area contributed by atoms with E-state index in [1.165, 1.54) is 12.0 Å². The highest BCUT2D eigenvalue weighted by atomic mass is 35.5. The van der Waals surface area contributed by atoms with Crippen molar-refractivity contribution in [3.8, 4) is 17.2 Å². The molecular weight excluding hydrogens is 520 g/mol. The van der Waals surface area contributed by atoms with Gasteiger partial charge < -0.3 is 24.2 Å². The number of aliphatic hydroxyl groups excluding tert-OH is 1. The number of carbonyl (C=O) groups is 2. The molecule has 39 heavy (non-hydrogen) atoms. The Morgan fingerprint density at radius 3 is 2.23 bits per heavy atom. The molecule has 9 heteroatoms. The summed E-state index contributed by atoms with van der Waals surface area (Å²) in [5.41, 5.74) is 2.18. The van der Waals surface area contributed by atoms with Crippen LogP contribution >= 0.6 is 11.6 Å². The van der Waals surface area contributed by atoms with Crippen molar-refractivity contribution in [2.75, 3.05) is 44.2 Å². The number of halogens is 1. The van der Waals surface area contributed by atoms with Gasteiger partial charge in [-0.1, -0.05) is 23.7 Å². The predicted octanol–water partition coefficient (Wildman–Crippen LogP) is 5.84. The van der Waals surface area contributed by atoms with Crippen molar-refractivity contribution in [2.24, 2.45) is 0 Å². The molecule has 1 heterocycles. The van der Waals surface area contributed by atoms with E-state index in [0.717, 1.165) is 5.69 Å². The Kier molecular flexibility index (Phi) is 8.35. The van der Waals surface area contributed by atoms with E-state index in [9.17, 15) is 14.7 Å². The van der Waals surface area contributed by atoms with Crippen LogP contribution in [0.3, 0.4) is 0 Å². The first-order valence-electron chi connectivity index (χ1n) is 12.5. The molecule has 1 atom stereocenters. The Bertz CT molecular complexity index is 1420. The van der Waals surface area contributed by atoms with E-state index in [-0.39, 0.29) is 21.9 Å². The second-order valence-corrected chi connectivity index (χ2v) is 9.41. The fraction of sp³-hybridized carbons (Fsp3) is 0.267. The maximum Gasteiger partial charge on any atom is 0.300 e. The summed E-state index contributed by atoms with van der Waals surface area (Å²) < 4.78 is 16.6. The number of aliphatic hydroxyl groups is 1. The average molecular weight is 551 g/mol. The molecule has 0 aromatic heterocycles. The number of rotatable bonds is 9. The maximum absolute atomic E-state index is 13.6. The normalized spacial score (nSPS) is 16.4. The molecule has 1 fully saturated rings. The third-order valence-corrected chi connectivity index (χ3v) is 6.70. The molecule has 1 aliphatic rings. The van der Waals surface area contributed by atoms with Crippen molar-refractivity contribution in [2.45, 2.75) is 19.9 Å². The second kappa shape index (κ2) is 11.7. The van der Waals surface area contributed by atoms with Crippen molar-refractivity contribution in [3.05, 3.63) is 82.4 Å². The van der Waals surface area contributed by atoms with Gasteiger partial charge in [-0.05, 0) is 61.9 Å². The zero-order chi connectivity index (χ0) is 28.3. The highest BCUT2D eigenvalue weighted by Crippen LogP contribution is 2.45. The predicted molar refractivity (Wildman–Crippen MR) is 152 cm³/mol. The summed E-state index contributed by atoms with van der Waals surface area (Å²) in [4.78, 5) is 30.4. The second-order valence-electron chi connectivity index (χ2n) is 9.00. The fourth-order valence-corrected chi connectivity index (χ4v) is 4.80. The number of methoxy groups -OCH3 is 1.